The molecule has 11 nitrogen and oxygen atoms in total. The number of halogens is 3. The summed E-state index contributed by atoms with van der Waals surface area (Å²) in [6.45, 7) is 0.132. The van der Waals surface area contributed by atoms with Gasteiger partial charge in [0.25, 0.3) is 5.56 Å². The second kappa shape index (κ2) is 9.08. The number of carbonyl (C=O) groups is 2. The number of pyridine rings is 1. The third-order valence-corrected chi connectivity index (χ3v) is 6.62. The van der Waals surface area contributed by atoms with E-state index < -0.39 is 42.6 Å². The van der Waals surface area contributed by atoms with Crippen molar-refractivity contribution in [2.24, 2.45) is 0 Å². The van der Waals surface area contributed by atoms with Crippen LogP contribution in [0.5, 0.6) is 0 Å². The van der Waals surface area contributed by atoms with E-state index in [2.05, 4.69) is 20.0 Å². The van der Waals surface area contributed by atoms with Crippen molar-refractivity contribution in [1.29, 1.82) is 0 Å². The van der Waals surface area contributed by atoms with Crippen molar-refractivity contribution < 1.29 is 32.2 Å². The number of fused-ring (bicyclic) bond motifs is 3. The highest BCUT2D eigenvalue weighted by atomic mass is 19.4. The van der Waals surface area contributed by atoms with E-state index in [0.29, 0.717) is 13.2 Å². The number of methoxy groups -OCH3 is 1. The number of hydrogen-bond donors (Lipinski definition) is 1. The molecule has 0 spiro atoms. The molecule has 2 aromatic rings. The number of morpholine rings is 1. The summed E-state index contributed by atoms with van der Waals surface area (Å²) in [6, 6.07) is 2.02. The van der Waals surface area contributed by atoms with Gasteiger partial charge in [0.05, 0.1) is 32.4 Å². The number of rotatable bonds is 5. The third-order valence-electron chi connectivity index (χ3n) is 6.62. The average molecular weight is 508 g/mol. The fourth-order valence-electron chi connectivity index (χ4n) is 4.84. The number of aromatic nitrogens is 3. The minimum absolute atomic E-state index is 0.000311. The van der Waals surface area contributed by atoms with E-state index in [4.69, 9.17) is 4.74 Å². The van der Waals surface area contributed by atoms with E-state index >= 15 is 0 Å². The minimum atomic E-state index is -4.65. The number of hydrogen-bond acceptors (Lipinski definition) is 9. The summed E-state index contributed by atoms with van der Waals surface area (Å²) < 4.78 is 53.2. The van der Waals surface area contributed by atoms with Crippen molar-refractivity contribution in [2.45, 2.75) is 43.8 Å². The molecule has 3 aliphatic heterocycles. The Labute approximate surface area is 202 Å². The maximum atomic E-state index is 14.0. The average Bonchev–Trinajstić information content (AvgIpc) is 3.48. The first-order valence-electron chi connectivity index (χ1n) is 11.3. The van der Waals surface area contributed by atoms with Gasteiger partial charge in [-0.1, -0.05) is 0 Å². The molecular weight excluding hydrogens is 485 g/mol. The number of Topliss-reactive ketones (excluding diaryl/α,β-unsaturated/α-hetero) is 1. The highest BCUT2D eigenvalue weighted by Crippen LogP contribution is 2.36. The second-order valence-corrected chi connectivity index (χ2v) is 8.85. The maximum Gasteiger partial charge on any atom is 0.412 e. The molecule has 2 aromatic heterocycles. The molecule has 1 N–H and O–H groups in total. The van der Waals surface area contributed by atoms with Gasteiger partial charge in [0, 0.05) is 30.9 Å². The summed E-state index contributed by atoms with van der Waals surface area (Å²) in [5.74, 6) is -0.456. The summed E-state index contributed by atoms with van der Waals surface area (Å²) >= 11 is 0. The zero-order chi connectivity index (χ0) is 25.6. The maximum absolute atomic E-state index is 14.0. The lowest BCUT2D eigenvalue weighted by molar-refractivity contribution is -0.152. The van der Waals surface area contributed by atoms with Crippen LogP contribution in [0.1, 0.15) is 23.2 Å². The number of carbonyl (C=O) groups excluding carboxylic acids is 2. The van der Waals surface area contributed by atoms with Gasteiger partial charge in [-0.25, -0.2) is 9.78 Å². The largest absolute Gasteiger partial charge is 0.453 e. The Balaban J connectivity index is 1.45. The highest BCUT2D eigenvalue weighted by Gasteiger charge is 2.48. The Morgan fingerprint density at radius 2 is 2.11 bits per heavy atom. The standard InChI is InChI=1S/C22H23F3N6O5/c1-35-21(34)27-17-3-2-12(8-26-17)15(32)10-31-16(22(23,24)25)4-5-29-19(33)7-18(28-20(29)31)30-9-14-6-13(30)11-36-14/h2-3,7-8,13-14,16H,4-6,9-11H2,1H3,(H,26,27,34)/t13-,14-,16?/m0/s1. The van der Waals surface area contributed by atoms with Crippen molar-refractivity contribution in [3.8, 4) is 0 Å². The predicted octanol–water partition coefficient (Wildman–Crippen LogP) is 1.82. The van der Waals surface area contributed by atoms with Crippen molar-refractivity contribution in [2.75, 3.05) is 41.9 Å². The Morgan fingerprint density at radius 3 is 2.72 bits per heavy atom. The molecule has 5 rings (SSSR count). The van der Waals surface area contributed by atoms with Crippen LogP contribution in [0, 0.1) is 0 Å². The molecule has 2 fully saturated rings. The topological polar surface area (TPSA) is 119 Å². The molecule has 5 heterocycles. The van der Waals surface area contributed by atoms with Gasteiger partial charge in [0.2, 0.25) is 5.95 Å². The molecule has 2 bridgehead atoms. The summed E-state index contributed by atoms with van der Waals surface area (Å²) in [4.78, 5) is 48.3. The Hall–Kier alpha value is -3.68. The Kier molecular flexibility index (Phi) is 6.06. The molecule has 192 valence electrons. The zero-order valence-electron chi connectivity index (χ0n) is 19.2. The molecular formula is C22H23F3N6O5. The number of alkyl halides is 3. The molecule has 14 heteroatoms. The molecule has 2 saturated heterocycles. The SMILES string of the molecule is COC(=O)Nc1ccc(C(=O)CN2c3nc(N4C[C@@H]5C[C@H]4CO5)cc(=O)n3CCC2C(F)(F)F)cn1. The van der Waals surface area contributed by atoms with Gasteiger partial charge in [0.1, 0.15) is 17.7 Å². The van der Waals surface area contributed by atoms with E-state index in [1.54, 1.807) is 0 Å². The number of anilines is 3. The van der Waals surface area contributed by atoms with Gasteiger partial charge in [-0.2, -0.15) is 18.2 Å². The molecule has 1 unspecified atom stereocenters. The van der Waals surface area contributed by atoms with Crippen molar-refractivity contribution in [3.63, 3.8) is 0 Å². The Morgan fingerprint density at radius 1 is 1.31 bits per heavy atom. The van der Waals surface area contributed by atoms with Crippen molar-refractivity contribution in [3.05, 3.63) is 40.3 Å². The second-order valence-electron chi connectivity index (χ2n) is 8.85. The van der Waals surface area contributed by atoms with Crippen LogP contribution in [0.4, 0.5) is 35.5 Å². The first-order chi connectivity index (χ1) is 17.1. The summed E-state index contributed by atoms with van der Waals surface area (Å²) in [5.41, 5.74) is -0.437. The molecule has 0 aliphatic carbocycles. The summed E-state index contributed by atoms with van der Waals surface area (Å²) in [6.07, 6.45) is -3.89. The first kappa shape index (κ1) is 24.0. The molecule has 1 amide bonds. The quantitative estimate of drug-likeness (QED) is 0.604. The zero-order valence-corrected chi connectivity index (χ0v) is 19.2. The van der Waals surface area contributed by atoms with Crippen LogP contribution in [0.15, 0.2) is 29.2 Å². The summed E-state index contributed by atoms with van der Waals surface area (Å²) in [5, 5.41) is 2.33. The van der Waals surface area contributed by atoms with Crippen LogP contribution in [0.3, 0.4) is 0 Å². The lowest BCUT2D eigenvalue weighted by atomic mass is 10.1. The van der Waals surface area contributed by atoms with Gasteiger partial charge in [0.15, 0.2) is 5.78 Å². The molecule has 0 radical (unpaired) electrons. The smallest absolute Gasteiger partial charge is 0.412 e. The minimum Gasteiger partial charge on any atom is -0.453 e. The fourth-order valence-corrected chi connectivity index (χ4v) is 4.84. The molecule has 3 aliphatic rings. The van der Waals surface area contributed by atoms with Gasteiger partial charge >= 0.3 is 12.3 Å². The summed E-state index contributed by atoms with van der Waals surface area (Å²) in [7, 11) is 1.17. The van der Waals surface area contributed by atoms with E-state index in [-0.39, 0.29) is 41.8 Å². The van der Waals surface area contributed by atoms with Gasteiger partial charge in [-0.05, 0) is 25.0 Å². The molecule has 3 atom stereocenters. The van der Waals surface area contributed by atoms with Crippen molar-refractivity contribution in [1.82, 2.24) is 14.5 Å². The van der Waals surface area contributed by atoms with E-state index in [1.165, 1.54) is 29.9 Å². The highest BCUT2D eigenvalue weighted by molar-refractivity contribution is 5.99. The van der Waals surface area contributed by atoms with E-state index in [0.717, 1.165) is 17.5 Å². The lowest BCUT2D eigenvalue weighted by Crippen LogP contribution is -2.54. The number of ether oxygens (including phenoxy) is 2. The third kappa shape index (κ3) is 4.47. The predicted molar refractivity (Wildman–Crippen MR) is 120 cm³/mol. The fraction of sp³-hybridized carbons (Fsp3) is 0.500. The van der Waals surface area contributed by atoms with Gasteiger partial charge in [-0.15, -0.1) is 0 Å². The Bertz CT molecular complexity index is 1230. The van der Waals surface area contributed by atoms with Crippen LogP contribution in [0.2, 0.25) is 0 Å². The van der Waals surface area contributed by atoms with Crippen LogP contribution in [0.25, 0.3) is 0 Å². The van der Waals surface area contributed by atoms with Crippen LogP contribution in [-0.4, -0.2) is 77.6 Å². The molecule has 0 aromatic carbocycles. The van der Waals surface area contributed by atoms with Gasteiger partial charge < -0.3 is 19.3 Å². The number of amides is 1. The number of nitrogens with one attached hydrogen (secondary N) is 1. The van der Waals surface area contributed by atoms with Crippen LogP contribution < -0.4 is 20.7 Å². The van der Waals surface area contributed by atoms with Crippen molar-refractivity contribution >= 4 is 29.5 Å². The van der Waals surface area contributed by atoms with E-state index in [9.17, 15) is 27.6 Å². The number of ketones is 1. The van der Waals surface area contributed by atoms with Crippen LogP contribution >= 0.6 is 0 Å². The molecule has 36 heavy (non-hydrogen) atoms. The first-order valence-corrected chi connectivity index (χ1v) is 11.3. The van der Waals surface area contributed by atoms with E-state index in [1.807, 2.05) is 4.90 Å². The van der Waals surface area contributed by atoms with Crippen LogP contribution in [-0.2, 0) is 16.0 Å². The molecule has 0 saturated carbocycles. The van der Waals surface area contributed by atoms with Gasteiger partial charge in [-0.3, -0.25) is 19.5 Å². The number of nitrogens with zero attached hydrogens (tertiary/aromatic N) is 5. The lowest BCUT2D eigenvalue weighted by Gasteiger charge is -2.39. The normalized spacial score (nSPS) is 22.9. The monoisotopic (exact) mass is 508 g/mol.